The number of ether oxygens (including phenoxy) is 1. The monoisotopic (exact) mass is 281 g/mol. The van der Waals surface area contributed by atoms with Gasteiger partial charge < -0.3 is 10.1 Å². The Hall–Kier alpha value is -1.00. The fraction of sp³-hybridized carbons (Fsp3) is 0.533. The fourth-order valence-electron chi connectivity index (χ4n) is 1.77. The van der Waals surface area contributed by atoms with E-state index in [0.29, 0.717) is 5.92 Å². The van der Waals surface area contributed by atoms with Gasteiger partial charge in [0.05, 0.1) is 7.11 Å². The van der Waals surface area contributed by atoms with Gasteiger partial charge in [-0.1, -0.05) is 26.0 Å². The minimum Gasteiger partial charge on any atom is -0.468 e. The molecule has 1 N–H and O–H groups in total. The van der Waals surface area contributed by atoms with Crippen molar-refractivity contribution in [2.75, 3.05) is 19.9 Å². The van der Waals surface area contributed by atoms with E-state index in [-0.39, 0.29) is 12.0 Å². The van der Waals surface area contributed by atoms with E-state index in [4.69, 9.17) is 4.74 Å². The number of thioether (sulfide) groups is 1. The highest BCUT2D eigenvalue weighted by Gasteiger charge is 2.16. The summed E-state index contributed by atoms with van der Waals surface area (Å²) in [5.74, 6) is 1.26. The summed E-state index contributed by atoms with van der Waals surface area (Å²) in [7, 11) is 3.20. The maximum atomic E-state index is 11.4. The van der Waals surface area contributed by atoms with Crippen LogP contribution in [-0.4, -0.2) is 31.9 Å². The minimum absolute atomic E-state index is 0.196. The van der Waals surface area contributed by atoms with E-state index in [1.165, 1.54) is 17.6 Å². The molecule has 1 aromatic rings. The molecule has 0 fully saturated rings. The summed E-state index contributed by atoms with van der Waals surface area (Å²) in [6.07, 6.45) is 0.764. The molecular weight excluding hydrogens is 258 g/mol. The van der Waals surface area contributed by atoms with Crippen LogP contribution in [0, 0.1) is 0 Å². The van der Waals surface area contributed by atoms with Crippen LogP contribution in [0.1, 0.15) is 31.7 Å². The molecule has 0 radical (unpaired) electrons. The minimum atomic E-state index is -0.215. The van der Waals surface area contributed by atoms with Gasteiger partial charge in [-0.25, -0.2) is 0 Å². The third-order valence-corrected chi connectivity index (χ3v) is 4.10. The van der Waals surface area contributed by atoms with E-state index in [1.807, 2.05) is 0 Å². The summed E-state index contributed by atoms with van der Waals surface area (Å²) in [6, 6.07) is 8.41. The van der Waals surface area contributed by atoms with Gasteiger partial charge >= 0.3 is 5.97 Å². The molecule has 106 valence electrons. The third-order valence-electron chi connectivity index (χ3n) is 3.06. The summed E-state index contributed by atoms with van der Waals surface area (Å²) in [4.78, 5) is 12.7. The van der Waals surface area contributed by atoms with Crippen molar-refractivity contribution in [2.45, 2.75) is 37.1 Å². The van der Waals surface area contributed by atoms with E-state index >= 15 is 0 Å². The Balaban J connectivity index is 2.42. The number of hydrogen-bond donors (Lipinski definition) is 1. The second-order valence-corrected chi connectivity index (χ2v) is 5.89. The van der Waals surface area contributed by atoms with Crippen molar-refractivity contribution in [1.29, 1.82) is 0 Å². The highest BCUT2D eigenvalue weighted by atomic mass is 32.2. The Labute approximate surface area is 120 Å². The van der Waals surface area contributed by atoms with Crippen LogP contribution in [0.5, 0.6) is 0 Å². The molecule has 19 heavy (non-hydrogen) atoms. The summed E-state index contributed by atoms with van der Waals surface area (Å²) < 4.78 is 4.74. The number of esters is 1. The molecule has 0 aliphatic rings. The van der Waals surface area contributed by atoms with Gasteiger partial charge in [-0.2, -0.15) is 0 Å². The van der Waals surface area contributed by atoms with Crippen molar-refractivity contribution in [3.63, 3.8) is 0 Å². The molecular formula is C15H23NO2S. The van der Waals surface area contributed by atoms with Crippen LogP contribution in [0.4, 0.5) is 0 Å². The van der Waals surface area contributed by atoms with Crippen molar-refractivity contribution in [2.24, 2.45) is 0 Å². The van der Waals surface area contributed by atoms with E-state index in [2.05, 4.69) is 43.4 Å². The molecule has 0 aromatic heterocycles. The lowest BCUT2D eigenvalue weighted by Crippen LogP contribution is -2.35. The number of likely N-dealkylation sites (N-methyl/N-ethyl adjacent to an activating group) is 1. The van der Waals surface area contributed by atoms with Gasteiger partial charge in [0.1, 0.15) is 6.04 Å². The predicted molar refractivity (Wildman–Crippen MR) is 80.7 cm³/mol. The van der Waals surface area contributed by atoms with Gasteiger partial charge in [0.2, 0.25) is 0 Å². The SMILES string of the molecule is CNC(CCSc1ccc(C(C)C)cc1)C(=O)OC. The maximum absolute atomic E-state index is 11.4. The molecule has 0 spiro atoms. The normalized spacial score (nSPS) is 12.5. The Morgan fingerprint density at radius 2 is 1.95 bits per heavy atom. The Morgan fingerprint density at radius 1 is 1.32 bits per heavy atom. The van der Waals surface area contributed by atoms with E-state index < -0.39 is 0 Å². The van der Waals surface area contributed by atoms with Gasteiger partial charge in [0.25, 0.3) is 0 Å². The fourth-order valence-corrected chi connectivity index (χ4v) is 2.68. The lowest BCUT2D eigenvalue weighted by Gasteiger charge is -2.13. The van der Waals surface area contributed by atoms with Crippen molar-refractivity contribution in [1.82, 2.24) is 5.32 Å². The quantitative estimate of drug-likeness (QED) is 0.616. The van der Waals surface area contributed by atoms with Crippen molar-refractivity contribution in [3.05, 3.63) is 29.8 Å². The van der Waals surface area contributed by atoms with E-state index in [0.717, 1.165) is 12.2 Å². The first-order valence-electron chi connectivity index (χ1n) is 6.56. The molecule has 1 aromatic carbocycles. The van der Waals surface area contributed by atoms with Crippen molar-refractivity contribution in [3.8, 4) is 0 Å². The van der Waals surface area contributed by atoms with Crippen LogP contribution in [0.25, 0.3) is 0 Å². The second-order valence-electron chi connectivity index (χ2n) is 4.73. The second kappa shape index (κ2) is 8.23. The topological polar surface area (TPSA) is 38.3 Å². The molecule has 3 nitrogen and oxygen atoms in total. The number of nitrogens with one attached hydrogen (secondary N) is 1. The smallest absolute Gasteiger partial charge is 0.322 e. The molecule has 0 aliphatic carbocycles. The third kappa shape index (κ3) is 5.25. The zero-order valence-electron chi connectivity index (χ0n) is 12.1. The number of carbonyl (C=O) groups excluding carboxylic acids is 1. The van der Waals surface area contributed by atoms with Crippen LogP contribution in [0.15, 0.2) is 29.2 Å². The summed E-state index contributed by atoms with van der Waals surface area (Å²) >= 11 is 1.76. The molecule has 1 atom stereocenters. The molecule has 1 rings (SSSR count). The van der Waals surface area contributed by atoms with Gasteiger partial charge in [-0.3, -0.25) is 4.79 Å². The molecule has 0 bridgehead atoms. The number of methoxy groups -OCH3 is 1. The first kappa shape index (κ1) is 16.1. The molecule has 0 saturated heterocycles. The Bertz CT molecular complexity index is 390. The zero-order chi connectivity index (χ0) is 14.3. The van der Waals surface area contributed by atoms with E-state index in [9.17, 15) is 4.79 Å². The predicted octanol–water partition coefficient (Wildman–Crippen LogP) is 3.05. The highest BCUT2D eigenvalue weighted by Crippen LogP contribution is 2.22. The Kier molecular flexibility index (Phi) is 6.95. The summed E-state index contributed by atoms with van der Waals surface area (Å²) in [5.41, 5.74) is 1.35. The zero-order valence-corrected chi connectivity index (χ0v) is 12.9. The van der Waals surface area contributed by atoms with Crippen molar-refractivity contribution < 1.29 is 9.53 Å². The van der Waals surface area contributed by atoms with Gasteiger partial charge in [0, 0.05) is 10.6 Å². The molecule has 4 heteroatoms. The van der Waals surface area contributed by atoms with Gasteiger partial charge in [-0.15, -0.1) is 11.8 Å². The molecule has 0 heterocycles. The van der Waals surface area contributed by atoms with Gasteiger partial charge in [-0.05, 0) is 37.1 Å². The van der Waals surface area contributed by atoms with Crippen molar-refractivity contribution >= 4 is 17.7 Å². The van der Waals surface area contributed by atoms with Crippen LogP contribution in [0.2, 0.25) is 0 Å². The van der Waals surface area contributed by atoms with Crippen LogP contribution < -0.4 is 5.32 Å². The summed E-state index contributed by atoms with van der Waals surface area (Å²) in [5, 5.41) is 2.98. The number of carbonyl (C=O) groups is 1. The maximum Gasteiger partial charge on any atom is 0.322 e. The van der Waals surface area contributed by atoms with E-state index in [1.54, 1.807) is 18.8 Å². The van der Waals surface area contributed by atoms with Crippen LogP contribution in [-0.2, 0) is 9.53 Å². The molecule has 0 aliphatic heterocycles. The van der Waals surface area contributed by atoms with Crippen LogP contribution >= 0.6 is 11.8 Å². The Morgan fingerprint density at radius 3 is 2.42 bits per heavy atom. The first-order valence-corrected chi connectivity index (χ1v) is 7.55. The first-order chi connectivity index (χ1) is 9.08. The molecule has 0 amide bonds. The molecule has 0 saturated carbocycles. The lowest BCUT2D eigenvalue weighted by atomic mass is 10.0. The summed E-state index contributed by atoms with van der Waals surface area (Å²) in [6.45, 7) is 4.38. The average Bonchev–Trinajstić information content (AvgIpc) is 2.43. The lowest BCUT2D eigenvalue weighted by molar-refractivity contribution is -0.143. The number of hydrogen-bond acceptors (Lipinski definition) is 4. The number of benzene rings is 1. The largest absolute Gasteiger partial charge is 0.468 e. The standard InChI is InChI=1S/C15H23NO2S/c1-11(2)12-5-7-13(8-6-12)19-10-9-14(16-3)15(17)18-4/h5-8,11,14,16H,9-10H2,1-4H3. The molecule has 1 unspecified atom stereocenters. The highest BCUT2D eigenvalue weighted by molar-refractivity contribution is 7.99. The van der Waals surface area contributed by atoms with Gasteiger partial charge in [0.15, 0.2) is 0 Å². The average molecular weight is 281 g/mol. The number of rotatable bonds is 7. The van der Waals surface area contributed by atoms with Crippen LogP contribution in [0.3, 0.4) is 0 Å².